The smallest absolute Gasteiger partial charge is 0.327 e. The number of sulfonamides is 1. The topological polar surface area (TPSA) is 155 Å². The number of carboxylic acids is 1. The lowest BCUT2D eigenvalue weighted by atomic mass is 10.0. The largest absolute Gasteiger partial charge is 0.480 e. The summed E-state index contributed by atoms with van der Waals surface area (Å²) < 4.78 is 29.3. The van der Waals surface area contributed by atoms with E-state index in [2.05, 4.69) is 4.72 Å². The van der Waals surface area contributed by atoms with Crippen molar-refractivity contribution in [2.24, 2.45) is 5.73 Å². The Morgan fingerprint density at radius 1 is 1.00 bits per heavy atom. The van der Waals surface area contributed by atoms with Crippen molar-refractivity contribution in [1.29, 1.82) is 5.41 Å². The van der Waals surface area contributed by atoms with Crippen molar-refractivity contribution >= 4 is 38.3 Å². The van der Waals surface area contributed by atoms with Crippen LogP contribution in [0.25, 0.3) is 10.8 Å². The fraction of sp³-hybridized carbons (Fsp3) is 0.0800. The van der Waals surface area contributed by atoms with Crippen molar-refractivity contribution in [2.45, 2.75) is 17.4 Å². The number of carboxylic acid groups (broad SMARTS) is 1. The number of carbonyl (C=O) groups is 1. The molecule has 0 aliphatic heterocycles. The first-order valence-corrected chi connectivity index (χ1v) is 12.0. The highest BCUT2D eigenvalue weighted by atomic mass is 32.2. The molecule has 1 unspecified atom stereocenters. The van der Waals surface area contributed by atoms with E-state index in [9.17, 15) is 23.1 Å². The summed E-state index contributed by atoms with van der Waals surface area (Å²) in [6.45, 7) is 0. The highest BCUT2D eigenvalue weighted by molar-refractivity contribution is 7.92. The molecular formula is C25H22N4O5S. The molecule has 0 fully saturated rings. The van der Waals surface area contributed by atoms with Crippen molar-refractivity contribution in [1.82, 2.24) is 4.57 Å². The minimum atomic E-state index is -4.10. The molecule has 1 atom stereocenters. The van der Waals surface area contributed by atoms with Crippen molar-refractivity contribution in [2.75, 3.05) is 4.72 Å². The summed E-state index contributed by atoms with van der Waals surface area (Å²) >= 11 is 0. The van der Waals surface area contributed by atoms with Gasteiger partial charge in [0.15, 0.2) is 0 Å². The molecule has 0 spiro atoms. The van der Waals surface area contributed by atoms with E-state index >= 15 is 0 Å². The van der Waals surface area contributed by atoms with Gasteiger partial charge in [0, 0.05) is 18.2 Å². The molecule has 1 heterocycles. The van der Waals surface area contributed by atoms with Gasteiger partial charge in [-0.15, -0.1) is 0 Å². The third-order valence-corrected chi connectivity index (χ3v) is 6.93. The predicted molar refractivity (Wildman–Crippen MR) is 133 cm³/mol. The average molecular weight is 491 g/mol. The van der Waals surface area contributed by atoms with Crippen LogP contribution >= 0.6 is 0 Å². The second-order valence-electron chi connectivity index (χ2n) is 7.92. The number of nitrogens with one attached hydrogen (secondary N) is 2. The lowest BCUT2D eigenvalue weighted by Gasteiger charge is -2.17. The number of nitrogen functional groups attached to an aromatic ring is 1. The van der Waals surface area contributed by atoms with Gasteiger partial charge in [-0.2, -0.15) is 0 Å². The fourth-order valence-electron chi connectivity index (χ4n) is 3.72. The van der Waals surface area contributed by atoms with Crippen LogP contribution in [0.5, 0.6) is 0 Å². The van der Waals surface area contributed by atoms with Crippen LogP contribution in [0.1, 0.15) is 17.2 Å². The molecule has 0 saturated heterocycles. The predicted octanol–water partition coefficient (Wildman–Crippen LogP) is 2.95. The van der Waals surface area contributed by atoms with E-state index in [1.165, 1.54) is 30.5 Å². The van der Waals surface area contributed by atoms with Crippen molar-refractivity contribution in [3.63, 3.8) is 0 Å². The molecule has 35 heavy (non-hydrogen) atoms. The van der Waals surface area contributed by atoms with Gasteiger partial charge in [0.2, 0.25) is 0 Å². The molecule has 4 aromatic rings. The molecule has 10 heteroatoms. The van der Waals surface area contributed by atoms with Gasteiger partial charge < -0.3 is 10.8 Å². The van der Waals surface area contributed by atoms with Gasteiger partial charge in [0.25, 0.3) is 15.6 Å². The molecule has 0 radical (unpaired) electrons. The standard InChI is InChI=1S/C25H22N4O5S/c26-23(27)18-9-7-16(8-10-18)14-22(25(31)32)29-13-3-6-21(24(29)30)28-35(33,34)20-12-11-17-4-1-2-5-19(17)15-20/h1-13,15,22,28H,14H2,(H3,26,27)(H,31,32). The number of anilines is 1. The number of nitrogens with two attached hydrogens (primary N) is 1. The Labute approximate surface area is 201 Å². The Balaban J connectivity index is 1.64. The van der Waals surface area contributed by atoms with Crippen LogP contribution in [0.4, 0.5) is 5.69 Å². The Kier molecular flexibility index (Phi) is 6.39. The molecule has 1 aromatic heterocycles. The van der Waals surface area contributed by atoms with Crippen LogP contribution in [0.2, 0.25) is 0 Å². The summed E-state index contributed by atoms with van der Waals surface area (Å²) in [5.74, 6) is -1.37. The van der Waals surface area contributed by atoms with Gasteiger partial charge in [-0.1, -0.05) is 54.6 Å². The zero-order valence-corrected chi connectivity index (χ0v) is 19.2. The third kappa shape index (κ3) is 5.07. The molecule has 5 N–H and O–H groups in total. The Morgan fingerprint density at radius 3 is 2.34 bits per heavy atom. The van der Waals surface area contributed by atoms with Gasteiger partial charge in [0.1, 0.15) is 17.6 Å². The van der Waals surface area contributed by atoms with Crippen LogP contribution in [0.15, 0.2) is 94.7 Å². The Hall–Kier alpha value is -4.44. The number of aliphatic carboxylic acids is 1. The number of nitrogens with zero attached hydrogens (tertiary/aromatic N) is 1. The summed E-state index contributed by atoms with van der Waals surface area (Å²) in [6.07, 6.45) is 1.27. The van der Waals surface area contributed by atoms with E-state index < -0.39 is 27.6 Å². The second-order valence-corrected chi connectivity index (χ2v) is 9.60. The minimum Gasteiger partial charge on any atom is -0.480 e. The first-order chi connectivity index (χ1) is 16.7. The van der Waals surface area contributed by atoms with Crippen LogP contribution in [-0.4, -0.2) is 29.9 Å². The van der Waals surface area contributed by atoms with Gasteiger partial charge in [-0.05, 0) is 40.6 Å². The van der Waals surface area contributed by atoms with E-state index in [1.54, 1.807) is 42.5 Å². The number of benzene rings is 3. The van der Waals surface area contributed by atoms with E-state index in [-0.39, 0.29) is 22.8 Å². The number of fused-ring (bicyclic) bond motifs is 1. The lowest BCUT2D eigenvalue weighted by Crippen LogP contribution is -2.33. The molecule has 0 aliphatic rings. The molecule has 3 aromatic carbocycles. The summed E-state index contributed by atoms with van der Waals surface area (Å²) in [5, 5.41) is 18.9. The third-order valence-electron chi connectivity index (χ3n) is 5.56. The first kappa shape index (κ1) is 23.7. The monoisotopic (exact) mass is 490 g/mol. The fourth-order valence-corrected chi connectivity index (χ4v) is 4.81. The number of rotatable bonds is 8. The van der Waals surface area contributed by atoms with E-state index in [0.29, 0.717) is 11.1 Å². The molecule has 0 bridgehead atoms. The lowest BCUT2D eigenvalue weighted by molar-refractivity contribution is -0.141. The molecule has 4 rings (SSSR count). The number of hydrogen-bond donors (Lipinski definition) is 4. The average Bonchev–Trinajstić information content (AvgIpc) is 2.84. The van der Waals surface area contributed by atoms with E-state index in [4.69, 9.17) is 11.1 Å². The minimum absolute atomic E-state index is 0.0219. The van der Waals surface area contributed by atoms with E-state index in [0.717, 1.165) is 15.3 Å². The summed E-state index contributed by atoms with van der Waals surface area (Å²) in [7, 11) is -4.10. The summed E-state index contributed by atoms with van der Waals surface area (Å²) in [4.78, 5) is 25.1. The van der Waals surface area contributed by atoms with Gasteiger partial charge >= 0.3 is 5.97 Å². The molecule has 0 saturated carbocycles. The van der Waals surface area contributed by atoms with Gasteiger partial charge in [0.05, 0.1) is 4.90 Å². The van der Waals surface area contributed by atoms with Crippen molar-refractivity contribution in [3.05, 3.63) is 107 Å². The SMILES string of the molecule is N=C(N)c1ccc(CC(C(=O)O)n2cccc(NS(=O)(=O)c3ccc4ccccc4c3)c2=O)cc1. The molecule has 0 aliphatic carbocycles. The Morgan fingerprint density at radius 2 is 1.69 bits per heavy atom. The maximum atomic E-state index is 13.1. The molecule has 9 nitrogen and oxygen atoms in total. The van der Waals surface area contributed by atoms with Gasteiger partial charge in [-0.3, -0.25) is 19.5 Å². The number of pyridine rings is 1. The van der Waals surface area contributed by atoms with Crippen LogP contribution in [0, 0.1) is 5.41 Å². The maximum absolute atomic E-state index is 13.1. The zero-order valence-electron chi connectivity index (χ0n) is 18.4. The highest BCUT2D eigenvalue weighted by Crippen LogP contribution is 2.21. The number of amidine groups is 1. The van der Waals surface area contributed by atoms with Crippen LogP contribution < -0.4 is 16.0 Å². The molecule has 0 amide bonds. The number of aromatic nitrogens is 1. The van der Waals surface area contributed by atoms with Gasteiger partial charge in [-0.25, -0.2) is 13.2 Å². The van der Waals surface area contributed by atoms with Crippen molar-refractivity contribution < 1.29 is 18.3 Å². The maximum Gasteiger partial charge on any atom is 0.327 e. The quantitative estimate of drug-likeness (QED) is 0.220. The summed E-state index contributed by atoms with van der Waals surface area (Å²) in [5.41, 5.74) is 5.49. The summed E-state index contributed by atoms with van der Waals surface area (Å²) in [6, 6.07) is 19.8. The van der Waals surface area contributed by atoms with Crippen LogP contribution in [0.3, 0.4) is 0 Å². The molecular weight excluding hydrogens is 468 g/mol. The normalized spacial score (nSPS) is 12.2. The zero-order chi connectivity index (χ0) is 25.2. The van der Waals surface area contributed by atoms with Crippen molar-refractivity contribution in [3.8, 4) is 0 Å². The molecule has 178 valence electrons. The van der Waals surface area contributed by atoms with E-state index in [1.807, 2.05) is 12.1 Å². The Bertz CT molecular complexity index is 1590. The number of hydrogen-bond acceptors (Lipinski definition) is 5. The van der Waals surface area contributed by atoms with Crippen LogP contribution in [-0.2, 0) is 21.2 Å². The highest BCUT2D eigenvalue weighted by Gasteiger charge is 2.24. The first-order valence-electron chi connectivity index (χ1n) is 10.5. The second kappa shape index (κ2) is 9.43.